The lowest BCUT2D eigenvalue weighted by Gasteiger charge is -2.35. The second kappa shape index (κ2) is 9.15. The molecule has 25 heavy (non-hydrogen) atoms. The zero-order valence-corrected chi connectivity index (χ0v) is 16.4. The Bertz CT molecular complexity index is 528. The molecule has 140 valence electrons. The van der Waals surface area contributed by atoms with E-state index in [-0.39, 0.29) is 12.0 Å². The minimum Gasteiger partial charge on any atom is -0.377 e. The lowest BCUT2D eigenvalue weighted by atomic mass is 9.78. The highest BCUT2D eigenvalue weighted by Crippen LogP contribution is 2.29. The maximum Gasteiger partial charge on any atom is 0.234 e. The van der Waals surface area contributed by atoms with Crippen LogP contribution in [0.3, 0.4) is 0 Å². The lowest BCUT2D eigenvalue weighted by molar-refractivity contribution is -0.124. The number of nitrogens with zero attached hydrogens (tertiary/aromatic N) is 1. The van der Waals surface area contributed by atoms with Crippen LogP contribution in [0.5, 0.6) is 0 Å². The number of carbonyl (C=O) groups is 1. The van der Waals surface area contributed by atoms with Gasteiger partial charge in [-0.1, -0.05) is 32.8 Å². The maximum atomic E-state index is 12.7. The topological polar surface area (TPSA) is 41.6 Å². The fourth-order valence-electron chi connectivity index (χ4n) is 4.13. The van der Waals surface area contributed by atoms with Crippen LogP contribution in [0.4, 0.5) is 0 Å². The molecule has 1 aromatic heterocycles. The van der Waals surface area contributed by atoms with Crippen LogP contribution in [-0.2, 0) is 16.1 Å². The SMILES string of the molecule is CC1CCCC(NC(=O)CN(Cc2cccs2)CC2CCCO2)C1C. The molecule has 0 radical (unpaired) electrons. The van der Waals surface area contributed by atoms with E-state index in [0.29, 0.717) is 24.4 Å². The summed E-state index contributed by atoms with van der Waals surface area (Å²) in [5.74, 6) is 1.44. The number of hydrogen-bond acceptors (Lipinski definition) is 4. The highest BCUT2D eigenvalue weighted by Gasteiger charge is 2.29. The van der Waals surface area contributed by atoms with Crippen molar-refractivity contribution in [2.24, 2.45) is 11.8 Å². The molecule has 5 heteroatoms. The first-order chi connectivity index (χ1) is 12.1. The molecule has 1 aliphatic carbocycles. The van der Waals surface area contributed by atoms with Gasteiger partial charge in [-0.05, 0) is 42.5 Å². The third kappa shape index (κ3) is 5.53. The molecule has 1 saturated heterocycles. The van der Waals surface area contributed by atoms with Crippen molar-refractivity contribution in [1.29, 1.82) is 0 Å². The normalized spacial score (nSPS) is 29.9. The fourth-order valence-corrected chi connectivity index (χ4v) is 4.87. The van der Waals surface area contributed by atoms with Crippen molar-refractivity contribution in [2.45, 2.75) is 64.6 Å². The summed E-state index contributed by atoms with van der Waals surface area (Å²) in [6.07, 6.45) is 6.17. The molecular formula is C20H32N2O2S. The van der Waals surface area contributed by atoms with E-state index in [4.69, 9.17) is 4.74 Å². The van der Waals surface area contributed by atoms with E-state index in [1.807, 2.05) is 0 Å². The number of hydrogen-bond donors (Lipinski definition) is 1. The molecule has 0 spiro atoms. The largest absolute Gasteiger partial charge is 0.377 e. The Morgan fingerprint density at radius 3 is 2.92 bits per heavy atom. The first kappa shape index (κ1) is 18.9. The molecule has 2 fully saturated rings. The molecule has 4 atom stereocenters. The Balaban J connectivity index is 1.55. The molecule has 1 N–H and O–H groups in total. The van der Waals surface area contributed by atoms with Crippen molar-refractivity contribution in [3.8, 4) is 0 Å². The molecule has 2 aliphatic rings. The maximum absolute atomic E-state index is 12.7. The molecule has 1 saturated carbocycles. The van der Waals surface area contributed by atoms with Crippen molar-refractivity contribution < 1.29 is 9.53 Å². The molecule has 4 unspecified atom stereocenters. The van der Waals surface area contributed by atoms with Crippen molar-refractivity contribution in [3.63, 3.8) is 0 Å². The van der Waals surface area contributed by atoms with Crippen LogP contribution in [0.25, 0.3) is 0 Å². The molecule has 2 heterocycles. The monoisotopic (exact) mass is 364 g/mol. The van der Waals surface area contributed by atoms with Gasteiger partial charge in [-0.2, -0.15) is 0 Å². The number of ether oxygens (including phenoxy) is 1. The highest BCUT2D eigenvalue weighted by molar-refractivity contribution is 7.09. The van der Waals surface area contributed by atoms with Crippen LogP contribution in [0.2, 0.25) is 0 Å². The number of thiophene rings is 1. The summed E-state index contributed by atoms with van der Waals surface area (Å²) < 4.78 is 5.80. The van der Waals surface area contributed by atoms with Gasteiger partial charge in [-0.3, -0.25) is 9.69 Å². The third-order valence-electron chi connectivity index (χ3n) is 5.87. The summed E-state index contributed by atoms with van der Waals surface area (Å²) in [7, 11) is 0. The Morgan fingerprint density at radius 2 is 2.20 bits per heavy atom. The average Bonchev–Trinajstić information content (AvgIpc) is 3.26. The molecule has 1 amide bonds. The molecule has 3 rings (SSSR count). The van der Waals surface area contributed by atoms with Gasteiger partial charge >= 0.3 is 0 Å². The third-order valence-corrected chi connectivity index (χ3v) is 6.73. The van der Waals surface area contributed by atoms with Crippen LogP contribution in [-0.4, -0.2) is 42.6 Å². The number of nitrogens with one attached hydrogen (secondary N) is 1. The minimum atomic E-state index is 0.167. The zero-order chi connectivity index (χ0) is 17.6. The second-order valence-corrected chi connectivity index (χ2v) is 8.86. The highest BCUT2D eigenvalue weighted by atomic mass is 32.1. The van der Waals surface area contributed by atoms with Gasteiger partial charge in [0.1, 0.15) is 0 Å². The number of amides is 1. The first-order valence-electron chi connectivity index (χ1n) is 9.77. The Hall–Kier alpha value is -0.910. The smallest absolute Gasteiger partial charge is 0.234 e. The van der Waals surface area contributed by atoms with E-state index in [9.17, 15) is 4.79 Å². The van der Waals surface area contributed by atoms with Gasteiger partial charge in [-0.25, -0.2) is 0 Å². The van der Waals surface area contributed by atoms with Crippen molar-refractivity contribution in [2.75, 3.05) is 19.7 Å². The average molecular weight is 365 g/mol. The Kier molecular flexibility index (Phi) is 6.91. The summed E-state index contributed by atoms with van der Waals surface area (Å²) in [6, 6.07) is 4.56. The zero-order valence-electron chi connectivity index (χ0n) is 15.6. The number of carbonyl (C=O) groups excluding carboxylic acids is 1. The van der Waals surface area contributed by atoms with Gasteiger partial charge in [-0.15, -0.1) is 11.3 Å². The van der Waals surface area contributed by atoms with Gasteiger partial charge in [0.15, 0.2) is 0 Å². The standard InChI is InChI=1S/C20H32N2O2S/c1-15-6-3-9-19(16(15)2)21-20(23)14-22(12-17-7-4-10-24-17)13-18-8-5-11-25-18/h5,8,11,15-17,19H,3-4,6-7,9-10,12-14H2,1-2H3,(H,21,23). The minimum absolute atomic E-state index is 0.167. The van der Waals surface area contributed by atoms with Crippen LogP contribution in [0.15, 0.2) is 17.5 Å². The van der Waals surface area contributed by atoms with Crippen molar-refractivity contribution in [3.05, 3.63) is 22.4 Å². The second-order valence-electron chi connectivity index (χ2n) is 7.83. The lowest BCUT2D eigenvalue weighted by Crippen LogP contribution is -2.48. The summed E-state index contributed by atoms with van der Waals surface area (Å²) in [4.78, 5) is 16.3. The van der Waals surface area contributed by atoms with E-state index in [1.54, 1.807) is 11.3 Å². The van der Waals surface area contributed by atoms with Crippen LogP contribution < -0.4 is 5.32 Å². The van der Waals surface area contributed by atoms with Gasteiger partial charge < -0.3 is 10.1 Å². The molecule has 1 aromatic rings. The van der Waals surface area contributed by atoms with Crippen LogP contribution >= 0.6 is 11.3 Å². The predicted molar refractivity (Wildman–Crippen MR) is 103 cm³/mol. The summed E-state index contributed by atoms with van der Waals surface area (Å²) >= 11 is 1.76. The van der Waals surface area contributed by atoms with E-state index in [1.165, 1.54) is 17.7 Å². The Labute approximate surface area is 155 Å². The van der Waals surface area contributed by atoms with Crippen LogP contribution in [0, 0.1) is 11.8 Å². The van der Waals surface area contributed by atoms with E-state index in [2.05, 4.69) is 41.6 Å². The van der Waals surface area contributed by atoms with Gasteiger partial charge in [0.25, 0.3) is 0 Å². The molecule has 0 aromatic carbocycles. The van der Waals surface area contributed by atoms with Gasteiger partial charge in [0.05, 0.1) is 12.6 Å². The van der Waals surface area contributed by atoms with E-state index >= 15 is 0 Å². The summed E-state index contributed by atoms with van der Waals surface area (Å²) in [6.45, 7) is 7.61. The van der Waals surface area contributed by atoms with Crippen molar-refractivity contribution >= 4 is 17.2 Å². The predicted octanol–water partition coefficient (Wildman–Crippen LogP) is 3.67. The Morgan fingerprint density at radius 1 is 1.32 bits per heavy atom. The molecular weight excluding hydrogens is 332 g/mol. The van der Waals surface area contributed by atoms with Crippen molar-refractivity contribution in [1.82, 2.24) is 10.2 Å². The van der Waals surface area contributed by atoms with Gasteiger partial charge in [0.2, 0.25) is 5.91 Å². The molecule has 1 aliphatic heterocycles. The summed E-state index contributed by atoms with van der Waals surface area (Å²) in [5.41, 5.74) is 0. The quantitative estimate of drug-likeness (QED) is 0.803. The molecule has 0 bridgehead atoms. The summed E-state index contributed by atoms with van der Waals surface area (Å²) in [5, 5.41) is 5.42. The number of rotatable bonds is 7. The molecule has 4 nitrogen and oxygen atoms in total. The van der Waals surface area contributed by atoms with Crippen LogP contribution in [0.1, 0.15) is 50.8 Å². The van der Waals surface area contributed by atoms with E-state index < -0.39 is 0 Å². The van der Waals surface area contributed by atoms with E-state index in [0.717, 1.165) is 39.0 Å². The first-order valence-corrected chi connectivity index (χ1v) is 10.7. The van der Waals surface area contributed by atoms with Gasteiger partial charge in [0, 0.05) is 30.6 Å². The fraction of sp³-hybridized carbons (Fsp3) is 0.750.